The molecule has 156 valence electrons. The van der Waals surface area contributed by atoms with E-state index in [4.69, 9.17) is 4.52 Å². The molecule has 2 heterocycles. The highest BCUT2D eigenvalue weighted by atomic mass is 32.2. The molecule has 2 aromatic carbocycles. The Morgan fingerprint density at radius 3 is 2.67 bits per heavy atom. The van der Waals surface area contributed by atoms with Gasteiger partial charge in [0.2, 0.25) is 5.91 Å². The summed E-state index contributed by atoms with van der Waals surface area (Å²) >= 11 is 1.74. The van der Waals surface area contributed by atoms with Crippen LogP contribution in [0.15, 0.2) is 76.1 Å². The van der Waals surface area contributed by atoms with Gasteiger partial charge < -0.3 is 15.2 Å². The van der Waals surface area contributed by atoms with E-state index < -0.39 is 0 Å². The summed E-state index contributed by atoms with van der Waals surface area (Å²) in [6.45, 7) is 1.86. The third-order valence-corrected chi connectivity index (χ3v) is 6.51. The first kappa shape index (κ1) is 20.7. The molecule has 4 rings (SSSR count). The predicted molar refractivity (Wildman–Crippen MR) is 120 cm³/mol. The van der Waals surface area contributed by atoms with Crippen LogP contribution in [-0.2, 0) is 17.0 Å². The van der Waals surface area contributed by atoms with Crippen LogP contribution in [-0.4, -0.2) is 24.2 Å². The van der Waals surface area contributed by atoms with E-state index in [1.54, 1.807) is 11.8 Å². The van der Waals surface area contributed by atoms with Gasteiger partial charge in [0.1, 0.15) is 5.76 Å². The number of para-hydroxylation sites is 1. The Hall–Kier alpha value is -2.57. The fraction of sp³-hybridized carbons (Fsp3) is 0.333. The van der Waals surface area contributed by atoms with Crippen LogP contribution >= 0.6 is 11.8 Å². The van der Waals surface area contributed by atoms with Gasteiger partial charge in [-0.25, -0.2) is 0 Å². The van der Waals surface area contributed by atoms with E-state index in [1.807, 2.05) is 48.5 Å². The van der Waals surface area contributed by atoms with Gasteiger partial charge in [0.05, 0.1) is 11.4 Å². The molecule has 30 heavy (non-hydrogen) atoms. The summed E-state index contributed by atoms with van der Waals surface area (Å²) in [5.74, 6) is 2.45. The first-order valence-electron chi connectivity index (χ1n) is 10.4. The van der Waals surface area contributed by atoms with E-state index in [0.29, 0.717) is 18.3 Å². The van der Waals surface area contributed by atoms with Crippen LogP contribution in [0, 0.1) is 11.8 Å². The summed E-state index contributed by atoms with van der Waals surface area (Å²) in [7, 11) is 0. The van der Waals surface area contributed by atoms with Gasteiger partial charge in [-0.05, 0) is 62.0 Å². The van der Waals surface area contributed by atoms with Crippen molar-refractivity contribution in [2.24, 2.45) is 11.8 Å². The highest BCUT2D eigenvalue weighted by molar-refractivity contribution is 7.98. The molecule has 1 aliphatic rings. The molecule has 3 aromatic rings. The number of carbonyl (C=O) groups excluding carboxylic acids is 1. The molecule has 5 nitrogen and oxygen atoms in total. The average molecular weight is 422 g/mol. The highest BCUT2D eigenvalue weighted by Gasteiger charge is 2.28. The minimum absolute atomic E-state index is 0.0817. The first-order valence-corrected chi connectivity index (χ1v) is 11.4. The van der Waals surface area contributed by atoms with Gasteiger partial charge in [0.15, 0.2) is 0 Å². The molecule has 1 amide bonds. The highest BCUT2D eigenvalue weighted by Crippen LogP contribution is 2.28. The predicted octanol–water partition coefficient (Wildman–Crippen LogP) is 4.76. The molecule has 0 bridgehead atoms. The summed E-state index contributed by atoms with van der Waals surface area (Å²) in [6, 6.07) is 22.0. The second kappa shape index (κ2) is 10.5. The van der Waals surface area contributed by atoms with Crippen molar-refractivity contribution in [2.75, 3.05) is 18.4 Å². The van der Waals surface area contributed by atoms with E-state index in [1.165, 1.54) is 4.90 Å². The Morgan fingerprint density at radius 1 is 1.10 bits per heavy atom. The van der Waals surface area contributed by atoms with E-state index in [0.717, 1.165) is 48.8 Å². The second-order valence-corrected chi connectivity index (χ2v) is 8.77. The van der Waals surface area contributed by atoms with Crippen LogP contribution in [0.2, 0.25) is 0 Å². The number of nitrogens with one attached hydrogen (secondary N) is 2. The molecular formula is C24H27N3O2S. The summed E-state index contributed by atoms with van der Waals surface area (Å²) in [5, 5.41) is 10.8. The number of carbonyl (C=O) groups is 1. The number of aromatic nitrogens is 1. The SMILES string of the molecule is O=C(C[C@H]1CCNC[C@@H]1Cc1cc(CSc2ccccc2)on1)Nc1ccccc1. The number of benzene rings is 2. The summed E-state index contributed by atoms with van der Waals surface area (Å²) in [5.41, 5.74) is 1.82. The molecule has 2 N–H and O–H groups in total. The van der Waals surface area contributed by atoms with E-state index >= 15 is 0 Å². The maximum atomic E-state index is 12.5. The van der Waals surface area contributed by atoms with Gasteiger partial charge in [-0.15, -0.1) is 11.8 Å². The monoisotopic (exact) mass is 421 g/mol. The van der Waals surface area contributed by atoms with Crippen molar-refractivity contribution >= 4 is 23.4 Å². The van der Waals surface area contributed by atoms with Crippen LogP contribution in [0.5, 0.6) is 0 Å². The average Bonchev–Trinajstić information content (AvgIpc) is 3.22. The standard InChI is InChI=1S/C24H27N3O2S/c28-24(26-20-7-3-1-4-8-20)14-18-11-12-25-16-19(18)13-21-15-22(29-27-21)17-30-23-9-5-2-6-10-23/h1-10,15,18-19,25H,11-14,16-17H2,(H,26,28)/t18-,19+/m1/s1. The lowest BCUT2D eigenvalue weighted by Gasteiger charge is -2.31. The van der Waals surface area contributed by atoms with E-state index in [2.05, 4.69) is 34.0 Å². The van der Waals surface area contributed by atoms with Crippen LogP contribution < -0.4 is 10.6 Å². The van der Waals surface area contributed by atoms with Crippen LogP contribution in [0.25, 0.3) is 0 Å². The van der Waals surface area contributed by atoms with Crippen molar-refractivity contribution in [3.8, 4) is 0 Å². The molecule has 0 spiro atoms. The number of hydrogen-bond donors (Lipinski definition) is 2. The zero-order valence-corrected chi connectivity index (χ0v) is 17.7. The lowest BCUT2D eigenvalue weighted by molar-refractivity contribution is -0.117. The Balaban J connectivity index is 1.31. The topological polar surface area (TPSA) is 67.2 Å². The Kier molecular flexibility index (Phi) is 7.21. The Bertz CT molecular complexity index is 930. The van der Waals surface area contributed by atoms with Crippen molar-refractivity contribution in [3.05, 3.63) is 78.2 Å². The molecule has 1 aliphatic heterocycles. The van der Waals surface area contributed by atoms with Gasteiger partial charge in [0.25, 0.3) is 0 Å². The number of amides is 1. The van der Waals surface area contributed by atoms with Crippen molar-refractivity contribution in [3.63, 3.8) is 0 Å². The number of hydrogen-bond acceptors (Lipinski definition) is 5. The number of anilines is 1. The molecule has 2 atom stereocenters. The van der Waals surface area contributed by atoms with Gasteiger partial charge >= 0.3 is 0 Å². The molecular weight excluding hydrogens is 394 g/mol. The summed E-state index contributed by atoms with van der Waals surface area (Å²) in [4.78, 5) is 13.8. The molecule has 0 unspecified atom stereocenters. The van der Waals surface area contributed by atoms with Crippen LogP contribution in [0.1, 0.15) is 24.3 Å². The largest absolute Gasteiger partial charge is 0.360 e. The number of nitrogens with zero attached hydrogens (tertiary/aromatic N) is 1. The lowest BCUT2D eigenvalue weighted by Crippen LogP contribution is -2.39. The maximum Gasteiger partial charge on any atom is 0.224 e. The van der Waals surface area contributed by atoms with Crippen molar-refractivity contribution < 1.29 is 9.32 Å². The maximum absolute atomic E-state index is 12.5. The second-order valence-electron chi connectivity index (χ2n) is 7.72. The Morgan fingerprint density at radius 2 is 1.87 bits per heavy atom. The van der Waals surface area contributed by atoms with Gasteiger partial charge in [-0.1, -0.05) is 41.6 Å². The summed E-state index contributed by atoms with van der Waals surface area (Å²) in [6.07, 6.45) is 2.37. The lowest BCUT2D eigenvalue weighted by atomic mass is 9.81. The van der Waals surface area contributed by atoms with Gasteiger partial charge in [-0.3, -0.25) is 4.79 Å². The molecule has 1 fully saturated rings. The molecule has 1 saturated heterocycles. The van der Waals surface area contributed by atoms with Crippen molar-refractivity contribution in [2.45, 2.75) is 29.9 Å². The molecule has 0 radical (unpaired) electrons. The molecule has 0 saturated carbocycles. The zero-order valence-electron chi connectivity index (χ0n) is 16.9. The fourth-order valence-corrected chi connectivity index (χ4v) is 4.71. The summed E-state index contributed by atoms with van der Waals surface area (Å²) < 4.78 is 5.55. The van der Waals surface area contributed by atoms with E-state index in [-0.39, 0.29) is 5.91 Å². The zero-order chi connectivity index (χ0) is 20.6. The minimum atomic E-state index is 0.0817. The molecule has 6 heteroatoms. The quantitative estimate of drug-likeness (QED) is 0.513. The smallest absolute Gasteiger partial charge is 0.224 e. The molecule has 0 aliphatic carbocycles. The Labute approximate surface area is 181 Å². The number of thioether (sulfide) groups is 1. The third kappa shape index (κ3) is 5.97. The van der Waals surface area contributed by atoms with E-state index in [9.17, 15) is 4.79 Å². The normalized spacial score (nSPS) is 18.8. The third-order valence-electron chi connectivity index (χ3n) is 5.47. The van der Waals surface area contributed by atoms with Crippen LogP contribution in [0.4, 0.5) is 5.69 Å². The van der Waals surface area contributed by atoms with Crippen molar-refractivity contribution in [1.29, 1.82) is 0 Å². The fourth-order valence-electron chi connectivity index (χ4n) is 3.92. The van der Waals surface area contributed by atoms with Crippen molar-refractivity contribution in [1.82, 2.24) is 10.5 Å². The number of rotatable bonds is 8. The van der Waals surface area contributed by atoms with Crippen LogP contribution in [0.3, 0.4) is 0 Å². The first-order chi connectivity index (χ1) is 14.8. The molecule has 1 aromatic heterocycles. The van der Waals surface area contributed by atoms with Gasteiger partial charge in [-0.2, -0.15) is 0 Å². The van der Waals surface area contributed by atoms with Gasteiger partial charge in [0, 0.05) is 23.1 Å². The minimum Gasteiger partial charge on any atom is -0.360 e. The number of piperidine rings is 1.